The van der Waals surface area contributed by atoms with E-state index < -0.39 is 0 Å². The van der Waals surface area contributed by atoms with Crippen molar-refractivity contribution in [1.29, 1.82) is 0 Å². The lowest BCUT2D eigenvalue weighted by Gasteiger charge is -2.40. The summed E-state index contributed by atoms with van der Waals surface area (Å²) in [5.41, 5.74) is 0. The van der Waals surface area contributed by atoms with Crippen LogP contribution in [0.5, 0.6) is 0 Å². The molecule has 1 radical (unpaired) electrons. The fourth-order valence-corrected chi connectivity index (χ4v) is 3.06. The largest absolute Gasteiger partial charge is 0.309 e. The Morgan fingerprint density at radius 1 is 1.06 bits per heavy atom. The average Bonchev–Trinajstić information content (AvgIpc) is 2.40. The zero-order chi connectivity index (χ0) is 12.8. The molecule has 2 aliphatic heterocycles. The lowest BCUT2D eigenvalue weighted by molar-refractivity contribution is 0.0800. The average molecular weight is 253 g/mol. The maximum Gasteiger partial charge on any atom is 0.0148 e. The fraction of sp³-hybridized carbons (Fsp3) is 1.00. The summed E-state index contributed by atoms with van der Waals surface area (Å²) < 4.78 is 0. The predicted octanol–water partition coefficient (Wildman–Crippen LogP) is 0.323. The molecule has 105 valence electrons. The van der Waals surface area contributed by atoms with Crippen molar-refractivity contribution < 1.29 is 0 Å². The first-order valence-corrected chi connectivity index (χ1v) is 7.50. The van der Waals surface area contributed by atoms with Gasteiger partial charge >= 0.3 is 0 Å². The second-order valence-corrected chi connectivity index (χ2v) is 5.94. The van der Waals surface area contributed by atoms with Gasteiger partial charge in [0.25, 0.3) is 0 Å². The van der Waals surface area contributed by atoms with Gasteiger partial charge < -0.3 is 9.80 Å². The second-order valence-electron chi connectivity index (χ2n) is 5.94. The van der Waals surface area contributed by atoms with E-state index in [2.05, 4.69) is 34.1 Å². The van der Waals surface area contributed by atoms with E-state index in [9.17, 15) is 0 Å². The van der Waals surface area contributed by atoms with Gasteiger partial charge in [0, 0.05) is 45.3 Å². The number of hydrogen-bond donors (Lipinski definition) is 0. The highest BCUT2D eigenvalue weighted by Crippen LogP contribution is 2.15. The molecule has 2 aliphatic rings. The molecule has 2 rings (SSSR count). The van der Waals surface area contributed by atoms with Gasteiger partial charge in [-0.25, -0.2) is 5.32 Å². The van der Waals surface area contributed by atoms with Gasteiger partial charge in [-0.05, 0) is 46.4 Å². The van der Waals surface area contributed by atoms with Crippen molar-refractivity contribution in [3.05, 3.63) is 0 Å². The van der Waals surface area contributed by atoms with Crippen molar-refractivity contribution in [1.82, 2.24) is 20.0 Å². The van der Waals surface area contributed by atoms with Crippen molar-refractivity contribution in [2.75, 3.05) is 66.5 Å². The van der Waals surface area contributed by atoms with Gasteiger partial charge in [0.15, 0.2) is 0 Å². The first kappa shape index (κ1) is 14.3. The highest BCUT2D eigenvalue weighted by molar-refractivity contribution is 4.82. The van der Waals surface area contributed by atoms with Crippen LogP contribution >= 0.6 is 0 Å². The van der Waals surface area contributed by atoms with E-state index in [-0.39, 0.29) is 0 Å². The summed E-state index contributed by atoms with van der Waals surface area (Å²) in [5, 5.41) is 4.45. The van der Waals surface area contributed by atoms with Crippen LogP contribution < -0.4 is 5.32 Å². The maximum absolute atomic E-state index is 4.45. The topological polar surface area (TPSA) is 23.8 Å². The summed E-state index contributed by atoms with van der Waals surface area (Å²) >= 11 is 0. The standard InChI is InChI=1S/C14H29N4/c1-16(2)8-3-9-17-10-12-18(13-11-17)14-4-6-15-7-5-14/h14H,3-13H2,1-2H3. The van der Waals surface area contributed by atoms with E-state index in [4.69, 9.17) is 0 Å². The summed E-state index contributed by atoms with van der Waals surface area (Å²) in [5.74, 6) is 0. The quantitative estimate of drug-likeness (QED) is 0.705. The first-order chi connectivity index (χ1) is 8.75. The molecule has 4 heteroatoms. The molecule has 0 bridgehead atoms. The Labute approximate surface area is 112 Å². The molecule has 0 saturated carbocycles. The van der Waals surface area contributed by atoms with Gasteiger partial charge in [0.2, 0.25) is 0 Å². The summed E-state index contributed by atoms with van der Waals surface area (Å²) in [6.07, 6.45) is 3.89. The molecule has 2 saturated heterocycles. The number of piperidine rings is 1. The molecule has 0 amide bonds. The molecule has 2 fully saturated rings. The number of piperazine rings is 1. The zero-order valence-corrected chi connectivity index (χ0v) is 12.1. The van der Waals surface area contributed by atoms with Crippen molar-refractivity contribution in [2.45, 2.75) is 25.3 Å². The minimum atomic E-state index is 0.825. The monoisotopic (exact) mass is 253 g/mol. The minimum absolute atomic E-state index is 0.825. The van der Waals surface area contributed by atoms with Gasteiger partial charge in [-0.2, -0.15) is 0 Å². The lowest BCUT2D eigenvalue weighted by atomic mass is 10.0. The third kappa shape index (κ3) is 4.50. The molecule has 4 nitrogen and oxygen atoms in total. The molecule has 0 aliphatic carbocycles. The highest BCUT2D eigenvalue weighted by atomic mass is 15.3. The van der Waals surface area contributed by atoms with Crippen LogP contribution in [0, 0.1) is 0 Å². The highest BCUT2D eigenvalue weighted by Gasteiger charge is 2.24. The van der Waals surface area contributed by atoms with Crippen LogP contribution in [0.2, 0.25) is 0 Å². The van der Waals surface area contributed by atoms with Gasteiger partial charge in [-0.3, -0.25) is 4.90 Å². The zero-order valence-electron chi connectivity index (χ0n) is 12.1. The molecule has 0 spiro atoms. The van der Waals surface area contributed by atoms with Crippen LogP contribution in [-0.4, -0.2) is 87.2 Å². The van der Waals surface area contributed by atoms with E-state index in [0.717, 1.165) is 19.1 Å². The van der Waals surface area contributed by atoms with Crippen molar-refractivity contribution in [2.24, 2.45) is 0 Å². The maximum atomic E-state index is 4.45. The van der Waals surface area contributed by atoms with Crippen molar-refractivity contribution in [3.8, 4) is 0 Å². The third-order valence-electron chi connectivity index (χ3n) is 4.24. The molecule has 0 aromatic carbocycles. The Bertz CT molecular complexity index is 218. The minimum Gasteiger partial charge on any atom is -0.309 e. The van der Waals surface area contributed by atoms with E-state index in [1.165, 1.54) is 58.5 Å². The van der Waals surface area contributed by atoms with Crippen LogP contribution in [0.4, 0.5) is 0 Å². The van der Waals surface area contributed by atoms with Crippen LogP contribution in [0.25, 0.3) is 0 Å². The lowest BCUT2D eigenvalue weighted by Crippen LogP contribution is -2.52. The Morgan fingerprint density at radius 3 is 2.33 bits per heavy atom. The molecule has 0 unspecified atom stereocenters. The molecule has 0 aromatic rings. The Balaban J connectivity index is 1.61. The van der Waals surface area contributed by atoms with Crippen molar-refractivity contribution >= 4 is 0 Å². The molecule has 0 aromatic heterocycles. The molecule has 18 heavy (non-hydrogen) atoms. The predicted molar refractivity (Wildman–Crippen MR) is 76.1 cm³/mol. The number of nitrogens with zero attached hydrogens (tertiary/aromatic N) is 4. The molecular formula is C14H29N4. The third-order valence-corrected chi connectivity index (χ3v) is 4.24. The smallest absolute Gasteiger partial charge is 0.0148 e. The van der Waals surface area contributed by atoms with E-state index >= 15 is 0 Å². The molecular weight excluding hydrogens is 224 g/mol. The summed E-state index contributed by atoms with van der Waals surface area (Å²) in [4.78, 5) is 7.62. The normalized spacial score (nSPS) is 24.8. The summed E-state index contributed by atoms with van der Waals surface area (Å²) in [6, 6.07) is 0.825. The number of hydrogen-bond acceptors (Lipinski definition) is 3. The van der Waals surface area contributed by atoms with Crippen LogP contribution in [-0.2, 0) is 0 Å². The number of rotatable bonds is 5. The van der Waals surface area contributed by atoms with Crippen LogP contribution in [0.3, 0.4) is 0 Å². The van der Waals surface area contributed by atoms with Gasteiger partial charge in [0.05, 0.1) is 0 Å². The van der Waals surface area contributed by atoms with Gasteiger partial charge in [-0.1, -0.05) is 0 Å². The Kier molecular flexibility index (Phi) is 5.89. The fourth-order valence-electron chi connectivity index (χ4n) is 3.06. The Morgan fingerprint density at radius 2 is 1.72 bits per heavy atom. The van der Waals surface area contributed by atoms with E-state index in [1.54, 1.807) is 0 Å². The van der Waals surface area contributed by atoms with Gasteiger partial charge in [0.1, 0.15) is 0 Å². The van der Waals surface area contributed by atoms with E-state index in [0.29, 0.717) is 0 Å². The molecule has 0 N–H and O–H groups in total. The SMILES string of the molecule is CN(C)CCCN1CCN(C2CC[N]CC2)CC1. The van der Waals surface area contributed by atoms with Crippen LogP contribution in [0.15, 0.2) is 0 Å². The van der Waals surface area contributed by atoms with Crippen molar-refractivity contribution in [3.63, 3.8) is 0 Å². The van der Waals surface area contributed by atoms with Crippen LogP contribution in [0.1, 0.15) is 19.3 Å². The van der Waals surface area contributed by atoms with E-state index in [1.807, 2.05) is 0 Å². The second kappa shape index (κ2) is 7.43. The van der Waals surface area contributed by atoms with Gasteiger partial charge in [-0.15, -0.1) is 0 Å². The summed E-state index contributed by atoms with van der Waals surface area (Å²) in [7, 11) is 4.32. The Hall–Kier alpha value is -0.160. The summed E-state index contributed by atoms with van der Waals surface area (Å²) in [6.45, 7) is 9.74. The molecule has 0 atom stereocenters. The molecule has 2 heterocycles. The first-order valence-electron chi connectivity index (χ1n) is 7.50.